The monoisotopic (exact) mass is 418 g/mol. The van der Waals surface area contributed by atoms with Crippen molar-refractivity contribution in [2.75, 3.05) is 33.0 Å². The second-order valence-corrected chi connectivity index (χ2v) is 7.57. The summed E-state index contributed by atoms with van der Waals surface area (Å²) in [5, 5.41) is 23.7. The van der Waals surface area contributed by atoms with E-state index < -0.39 is 0 Å². The van der Waals surface area contributed by atoms with Gasteiger partial charge in [0.25, 0.3) is 0 Å². The molecule has 162 valence electrons. The number of ether oxygens (including phenoxy) is 1. The summed E-state index contributed by atoms with van der Waals surface area (Å²) in [6, 6.07) is 18.0. The molecule has 3 N–H and O–H groups in total. The number of anilines is 1. The van der Waals surface area contributed by atoms with Crippen LogP contribution >= 0.6 is 0 Å². The summed E-state index contributed by atoms with van der Waals surface area (Å²) in [6.45, 7) is 4.49. The maximum atomic E-state index is 8.60. The van der Waals surface area contributed by atoms with E-state index >= 15 is 0 Å². The number of benzene rings is 2. The van der Waals surface area contributed by atoms with E-state index in [2.05, 4.69) is 33.0 Å². The van der Waals surface area contributed by atoms with E-state index in [0.29, 0.717) is 23.8 Å². The normalized spacial score (nSPS) is 16.2. The second-order valence-electron chi connectivity index (χ2n) is 7.57. The number of nitrogens with zero attached hydrogens (tertiary/aromatic N) is 3. The Morgan fingerprint density at radius 2 is 1.74 bits per heavy atom. The van der Waals surface area contributed by atoms with Crippen molar-refractivity contribution in [1.29, 1.82) is 5.41 Å². The molecule has 1 aliphatic heterocycles. The second kappa shape index (κ2) is 10.0. The molecule has 1 atom stereocenters. The first kappa shape index (κ1) is 22.2. The minimum Gasteiger partial charge on any atom is -0.482 e. The molecule has 31 heavy (non-hydrogen) atoms. The van der Waals surface area contributed by atoms with Crippen LogP contribution in [0.15, 0.2) is 76.1 Å². The van der Waals surface area contributed by atoms with Crippen LogP contribution in [0.25, 0.3) is 0 Å². The van der Waals surface area contributed by atoms with E-state index in [1.807, 2.05) is 77.5 Å². The van der Waals surface area contributed by atoms with E-state index in [0.717, 1.165) is 28.3 Å². The molecule has 0 spiro atoms. The smallest absolute Gasteiger partial charge is 0.176 e. The number of likely N-dealkylation sites (N-methyl/N-ethyl adjacent to an activating group) is 1. The maximum absolute atomic E-state index is 8.60. The number of para-hydroxylation sites is 2. The van der Waals surface area contributed by atoms with Gasteiger partial charge in [-0.3, -0.25) is 5.41 Å². The minimum absolute atomic E-state index is 0.133. The van der Waals surface area contributed by atoms with Gasteiger partial charge < -0.3 is 20.3 Å². The van der Waals surface area contributed by atoms with Gasteiger partial charge in [-0.1, -0.05) is 42.5 Å². The Balaban J connectivity index is 1.90. The van der Waals surface area contributed by atoms with Gasteiger partial charge in [-0.25, -0.2) is 0 Å². The lowest BCUT2D eigenvalue weighted by Crippen LogP contribution is -2.35. The molecule has 0 aromatic heterocycles. The number of hydrogen-bond donors (Lipinski definition) is 3. The molecule has 1 heterocycles. The topological polar surface area (TPSA) is 85.1 Å². The predicted octanol–water partition coefficient (Wildman–Crippen LogP) is 4.08. The van der Waals surface area contributed by atoms with Crippen LogP contribution in [0.5, 0.6) is 5.75 Å². The van der Waals surface area contributed by atoms with E-state index in [-0.39, 0.29) is 6.10 Å². The SMILES string of the molecule is CNCC(Oc1ccccc1N/C(C)=C1\C(=N)C(N(C)C)=NN=C1C)c1ccccc1. The molecular weight excluding hydrogens is 388 g/mol. The van der Waals surface area contributed by atoms with Gasteiger partial charge in [0.15, 0.2) is 5.84 Å². The van der Waals surface area contributed by atoms with Gasteiger partial charge in [0.05, 0.1) is 11.4 Å². The van der Waals surface area contributed by atoms with E-state index in [1.165, 1.54) is 0 Å². The van der Waals surface area contributed by atoms with Crippen LogP contribution in [-0.2, 0) is 0 Å². The fraction of sp³-hybridized carbons (Fsp3) is 0.292. The van der Waals surface area contributed by atoms with Crippen LogP contribution in [0.1, 0.15) is 25.5 Å². The van der Waals surface area contributed by atoms with Crippen molar-refractivity contribution in [3.8, 4) is 5.75 Å². The lowest BCUT2D eigenvalue weighted by molar-refractivity contribution is 0.206. The van der Waals surface area contributed by atoms with Crippen LogP contribution in [0, 0.1) is 5.41 Å². The summed E-state index contributed by atoms with van der Waals surface area (Å²) >= 11 is 0. The molecule has 0 amide bonds. The number of amidine groups is 1. The zero-order chi connectivity index (χ0) is 22.4. The average Bonchev–Trinajstić information content (AvgIpc) is 2.75. The molecule has 0 saturated carbocycles. The van der Waals surface area contributed by atoms with Gasteiger partial charge in [0.2, 0.25) is 0 Å². The molecule has 1 unspecified atom stereocenters. The largest absolute Gasteiger partial charge is 0.482 e. The molecule has 3 rings (SSSR count). The first-order valence-electron chi connectivity index (χ1n) is 10.2. The first-order chi connectivity index (χ1) is 14.9. The van der Waals surface area contributed by atoms with Crippen LogP contribution in [-0.4, -0.2) is 49.8 Å². The Kier molecular flexibility index (Phi) is 7.20. The van der Waals surface area contributed by atoms with Gasteiger partial charge in [-0.05, 0) is 38.6 Å². The Labute approximate surface area is 184 Å². The van der Waals surface area contributed by atoms with Crippen LogP contribution in [0.2, 0.25) is 0 Å². The molecule has 7 nitrogen and oxygen atoms in total. The molecule has 7 heteroatoms. The molecule has 1 aliphatic rings. The Morgan fingerprint density at radius 3 is 2.42 bits per heavy atom. The molecule has 0 radical (unpaired) electrons. The Hall–Kier alpha value is -3.45. The van der Waals surface area contributed by atoms with Crippen LogP contribution in [0.3, 0.4) is 0 Å². The third kappa shape index (κ3) is 5.19. The van der Waals surface area contributed by atoms with Crippen molar-refractivity contribution >= 4 is 22.9 Å². The fourth-order valence-electron chi connectivity index (χ4n) is 3.46. The summed E-state index contributed by atoms with van der Waals surface area (Å²) in [6.07, 6.45) is -0.133. The number of hydrogen-bond acceptors (Lipinski definition) is 7. The van der Waals surface area contributed by atoms with Crippen molar-refractivity contribution in [3.05, 3.63) is 71.4 Å². The number of rotatable bonds is 7. The summed E-state index contributed by atoms with van der Waals surface area (Å²) < 4.78 is 6.41. The summed E-state index contributed by atoms with van der Waals surface area (Å²) in [5.74, 6) is 1.27. The van der Waals surface area contributed by atoms with Crippen molar-refractivity contribution in [3.63, 3.8) is 0 Å². The lowest BCUT2D eigenvalue weighted by atomic mass is 10.0. The molecular formula is C24H30N6O. The Bertz CT molecular complexity index is 1020. The van der Waals surface area contributed by atoms with E-state index in [4.69, 9.17) is 10.1 Å². The highest BCUT2D eigenvalue weighted by Gasteiger charge is 2.24. The Morgan fingerprint density at radius 1 is 1.06 bits per heavy atom. The quantitative estimate of drug-likeness (QED) is 0.632. The molecule has 2 aromatic carbocycles. The number of nitrogens with one attached hydrogen (secondary N) is 3. The van der Waals surface area contributed by atoms with Crippen molar-refractivity contribution in [2.24, 2.45) is 10.2 Å². The summed E-state index contributed by atoms with van der Waals surface area (Å²) in [7, 11) is 5.63. The molecule has 0 fully saturated rings. The average molecular weight is 419 g/mol. The molecule has 0 saturated heterocycles. The van der Waals surface area contributed by atoms with Gasteiger partial charge in [-0.15, -0.1) is 5.10 Å². The zero-order valence-corrected chi connectivity index (χ0v) is 18.7. The van der Waals surface area contributed by atoms with E-state index in [9.17, 15) is 0 Å². The van der Waals surface area contributed by atoms with Gasteiger partial charge >= 0.3 is 0 Å². The maximum Gasteiger partial charge on any atom is 0.176 e. The highest BCUT2D eigenvalue weighted by molar-refractivity contribution is 6.53. The van der Waals surface area contributed by atoms with E-state index in [1.54, 1.807) is 4.90 Å². The number of allylic oxidation sites excluding steroid dienone is 1. The molecule has 2 aromatic rings. The summed E-state index contributed by atoms with van der Waals surface area (Å²) in [5.41, 5.74) is 4.55. The van der Waals surface area contributed by atoms with Gasteiger partial charge in [0, 0.05) is 31.9 Å². The van der Waals surface area contributed by atoms with Crippen molar-refractivity contribution in [2.45, 2.75) is 20.0 Å². The lowest BCUT2D eigenvalue weighted by Gasteiger charge is -2.24. The third-order valence-corrected chi connectivity index (χ3v) is 4.97. The first-order valence-corrected chi connectivity index (χ1v) is 10.2. The predicted molar refractivity (Wildman–Crippen MR) is 128 cm³/mol. The highest BCUT2D eigenvalue weighted by atomic mass is 16.5. The van der Waals surface area contributed by atoms with Gasteiger partial charge in [-0.2, -0.15) is 5.10 Å². The highest BCUT2D eigenvalue weighted by Crippen LogP contribution is 2.31. The standard InChI is InChI=1S/C24H30N6O/c1-16(22-17(2)28-29-24(23(22)25)30(4)5)27-19-13-9-10-14-20(19)31-21(15-26-3)18-11-7-6-8-12-18/h6-14,21,25-27H,15H2,1-5H3/b22-16-,25-23?. The van der Waals surface area contributed by atoms with Crippen molar-refractivity contribution < 1.29 is 4.74 Å². The fourth-order valence-corrected chi connectivity index (χ4v) is 3.46. The van der Waals surface area contributed by atoms with Gasteiger partial charge in [0.1, 0.15) is 17.6 Å². The van der Waals surface area contributed by atoms with Crippen molar-refractivity contribution in [1.82, 2.24) is 10.2 Å². The summed E-state index contributed by atoms with van der Waals surface area (Å²) in [4.78, 5) is 1.80. The molecule has 0 bridgehead atoms. The third-order valence-electron chi connectivity index (χ3n) is 4.97. The molecule has 0 aliphatic carbocycles. The minimum atomic E-state index is -0.133. The zero-order valence-electron chi connectivity index (χ0n) is 18.7. The van der Waals surface area contributed by atoms with Crippen LogP contribution in [0.4, 0.5) is 5.69 Å². The van der Waals surface area contributed by atoms with Crippen LogP contribution < -0.4 is 15.4 Å².